The first kappa shape index (κ1) is 18.6. The van der Waals surface area contributed by atoms with E-state index in [2.05, 4.69) is 46.8 Å². The van der Waals surface area contributed by atoms with Crippen LogP contribution < -0.4 is 10.6 Å². The SMILES string of the molecule is CC(C)(C)c1ccc(C(=O)NCC(=O)NC(C)(C)c2cn[nH]n2)cc1. The molecule has 25 heavy (non-hydrogen) atoms. The van der Waals surface area contributed by atoms with Gasteiger partial charge in [0.1, 0.15) is 5.69 Å². The molecule has 134 valence electrons. The lowest BCUT2D eigenvalue weighted by atomic mass is 9.87. The minimum atomic E-state index is -0.677. The summed E-state index contributed by atoms with van der Waals surface area (Å²) in [5.74, 6) is -0.581. The van der Waals surface area contributed by atoms with Crippen LogP contribution in [0.1, 0.15) is 56.2 Å². The van der Waals surface area contributed by atoms with Crippen molar-refractivity contribution in [2.75, 3.05) is 6.54 Å². The fraction of sp³-hybridized carbons (Fsp3) is 0.444. The molecule has 1 heterocycles. The summed E-state index contributed by atoms with van der Waals surface area (Å²) in [4.78, 5) is 24.3. The van der Waals surface area contributed by atoms with Crippen molar-refractivity contribution in [2.45, 2.75) is 45.6 Å². The third-order valence-electron chi connectivity index (χ3n) is 3.93. The molecule has 0 radical (unpaired) electrons. The van der Waals surface area contributed by atoms with Crippen LogP contribution in [0.15, 0.2) is 30.5 Å². The molecule has 0 atom stereocenters. The van der Waals surface area contributed by atoms with Crippen LogP contribution in [0.4, 0.5) is 0 Å². The number of hydrogen-bond donors (Lipinski definition) is 3. The Morgan fingerprint density at radius 3 is 2.24 bits per heavy atom. The number of rotatable bonds is 5. The predicted octanol–water partition coefficient (Wildman–Crippen LogP) is 1.88. The van der Waals surface area contributed by atoms with Gasteiger partial charge in [0.25, 0.3) is 5.91 Å². The Hall–Kier alpha value is -2.70. The van der Waals surface area contributed by atoms with E-state index in [9.17, 15) is 9.59 Å². The van der Waals surface area contributed by atoms with E-state index in [1.54, 1.807) is 18.3 Å². The van der Waals surface area contributed by atoms with Gasteiger partial charge in [0.2, 0.25) is 5.91 Å². The molecule has 2 amide bonds. The number of carbonyl (C=O) groups excluding carboxylic acids is 2. The highest BCUT2D eigenvalue weighted by molar-refractivity contribution is 5.96. The molecule has 0 aliphatic carbocycles. The van der Waals surface area contributed by atoms with Crippen LogP contribution >= 0.6 is 0 Å². The van der Waals surface area contributed by atoms with Crippen LogP contribution in [0.5, 0.6) is 0 Å². The Bertz CT molecular complexity index is 728. The van der Waals surface area contributed by atoms with E-state index in [1.165, 1.54) is 0 Å². The van der Waals surface area contributed by atoms with Gasteiger partial charge in [-0.25, -0.2) is 0 Å². The largest absolute Gasteiger partial charge is 0.344 e. The van der Waals surface area contributed by atoms with E-state index in [0.29, 0.717) is 11.3 Å². The molecule has 2 aromatic rings. The number of H-pyrrole nitrogens is 1. The summed E-state index contributed by atoms with van der Waals surface area (Å²) in [6, 6.07) is 7.41. The molecule has 0 bridgehead atoms. The highest BCUT2D eigenvalue weighted by Gasteiger charge is 2.25. The number of nitrogens with one attached hydrogen (secondary N) is 3. The van der Waals surface area contributed by atoms with Crippen LogP contribution in [0.3, 0.4) is 0 Å². The van der Waals surface area contributed by atoms with Gasteiger partial charge >= 0.3 is 0 Å². The van der Waals surface area contributed by atoms with Gasteiger partial charge in [0.05, 0.1) is 18.3 Å². The van der Waals surface area contributed by atoms with Gasteiger partial charge in [-0.2, -0.15) is 15.4 Å². The Balaban J connectivity index is 1.90. The predicted molar refractivity (Wildman–Crippen MR) is 95.0 cm³/mol. The van der Waals surface area contributed by atoms with Crippen LogP contribution in [-0.4, -0.2) is 33.8 Å². The average Bonchev–Trinajstić information content (AvgIpc) is 3.07. The average molecular weight is 343 g/mol. The van der Waals surface area contributed by atoms with Crippen molar-refractivity contribution >= 4 is 11.8 Å². The fourth-order valence-corrected chi connectivity index (χ4v) is 2.34. The Morgan fingerprint density at radius 1 is 1.08 bits per heavy atom. The molecule has 0 saturated carbocycles. The maximum Gasteiger partial charge on any atom is 0.251 e. The minimum absolute atomic E-state index is 0.0294. The zero-order chi connectivity index (χ0) is 18.7. The zero-order valence-corrected chi connectivity index (χ0v) is 15.3. The molecule has 0 spiro atoms. The van der Waals surface area contributed by atoms with Crippen LogP contribution in [0.2, 0.25) is 0 Å². The van der Waals surface area contributed by atoms with Gasteiger partial charge in [-0.3, -0.25) is 9.59 Å². The van der Waals surface area contributed by atoms with E-state index in [-0.39, 0.29) is 23.8 Å². The minimum Gasteiger partial charge on any atom is -0.344 e. The normalized spacial score (nSPS) is 11.9. The van der Waals surface area contributed by atoms with Crippen molar-refractivity contribution in [3.8, 4) is 0 Å². The molecule has 0 unspecified atom stereocenters. The second kappa shape index (κ2) is 7.04. The van der Waals surface area contributed by atoms with Gasteiger partial charge in [-0.05, 0) is 37.0 Å². The van der Waals surface area contributed by atoms with E-state index in [1.807, 2.05) is 26.0 Å². The molecule has 0 aliphatic heterocycles. The van der Waals surface area contributed by atoms with Gasteiger partial charge in [-0.1, -0.05) is 32.9 Å². The summed E-state index contributed by atoms with van der Waals surface area (Å²) in [7, 11) is 0. The second-order valence-electron chi connectivity index (χ2n) is 7.54. The third-order valence-corrected chi connectivity index (χ3v) is 3.93. The van der Waals surface area contributed by atoms with E-state index in [4.69, 9.17) is 0 Å². The van der Waals surface area contributed by atoms with Gasteiger partial charge in [-0.15, -0.1) is 0 Å². The molecule has 2 rings (SSSR count). The summed E-state index contributed by atoms with van der Waals surface area (Å²) in [5.41, 5.74) is 1.64. The maximum atomic E-state index is 12.2. The van der Waals surface area contributed by atoms with Crippen LogP contribution in [-0.2, 0) is 15.7 Å². The van der Waals surface area contributed by atoms with E-state index >= 15 is 0 Å². The number of benzene rings is 1. The Labute approximate surface area is 147 Å². The molecule has 1 aromatic carbocycles. The fourth-order valence-electron chi connectivity index (χ4n) is 2.34. The van der Waals surface area contributed by atoms with Gasteiger partial charge in [0, 0.05) is 5.56 Å². The van der Waals surface area contributed by atoms with E-state index < -0.39 is 5.54 Å². The summed E-state index contributed by atoms with van der Waals surface area (Å²) in [5, 5.41) is 15.7. The topological polar surface area (TPSA) is 99.8 Å². The smallest absolute Gasteiger partial charge is 0.251 e. The number of hydrogen-bond acceptors (Lipinski definition) is 4. The summed E-state index contributed by atoms with van der Waals surface area (Å²) < 4.78 is 0. The molecule has 0 fully saturated rings. The molecule has 3 N–H and O–H groups in total. The van der Waals surface area contributed by atoms with Gasteiger partial charge < -0.3 is 10.6 Å². The van der Waals surface area contributed by atoms with Crippen molar-refractivity contribution in [3.63, 3.8) is 0 Å². The molecular weight excluding hydrogens is 318 g/mol. The van der Waals surface area contributed by atoms with Crippen molar-refractivity contribution in [3.05, 3.63) is 47.3 Å². The van der Waals surface area contributed by atoms with Crippen molar-refractivity contribution in [1.82, 2.24) is 26.0 Å². The molecule has 0 aliphatic rings. The number of carbonyl (C=O) groups is 2. The molecule has 7 nitrogen and oxygen atoms in total. The summed E-state index contributed by atoms with van der Waals surface area (Å²) in [6.07, 6.45) is 1.55. The van der Waals surface area contributed by atoms with Crippen molar-refractivity contribution in [1.29, 1.82) is 0 Å². The van der Waals surface area contributed by atoms with E-state index in [0.717, 1.165) is 5.56 Å². The number of nitrogens with zero attached hydrogens (tertiary/aromatic N) is 2. The first-order valence-electron chi connectivity index (χ1n) is 8.15. The lowest BCUT2D eigenvalue weighted by Gasteiger charge is -2.23. The summed E-state index contributed by atoms with van der Waals surface area (Å²) >= 11 is 0. The first-order valence-corrected chi connectivity index (χ1v) is 8.15. The highest BCUT2D eigenvalue weighted by Crippen LogP contribution is 2.22. The quantitative estimate of drug-likeness (QED) is 0.772. The lowest BCUT2D eigenvalue weighted by molar-refractivity contribution is -0.121. The van der Waals surface area contributed by atoms with Crippen LogP contribution in [0, 0.1) is 0 Å². The maximum absolute atomic E-state index is 12.2. The second-order valence-corrected chi connectivity index (χ2v) is 7.54. The number of aromatic amines is 1. The summed E-state index contributed by atoms with van der Waals surface area (Å²) in [6.45, 7) is 9.86. The zero-order valence-electron chi connectivity index (χ0n) is 15.3. The monoisotopic (exact) mass is 343 g/mol. The standard InChI is InChI=1S/C18H25N5O2/c1-17(2,3)13-8-6-12(7-9-13)16(25)19-11-15(24)21-18(4,5)14-10-20-23-22-14/h6-10H,11H2,1-5H3,(H,19,25)(H,21,24)(H,20,22,23). The third kappa shape index (κ3) is 4.89. The Kier molecular flexibility index (Phi) is 5.25. The molecular formula is C18H25N5O2. The molecule has 1 aromatic heterocycles. The first-order chi connectivity index (χ1) is 11.6. The van der Waals surface area contributed by atoms with Crippen molar-refractivity contribution in [2.24, 2.45) is 0 Å². The Morgan fingerprint density at radius 2 is 1.72 bits per heavy atom. The highest BCUT2D eigenvalue weighted by atomic mass is 16.2. The lowest BCUT2D eigenvalue weighted by Crippen LogP contribution is -2.46. The van der Waals surface area contributed by atoms with Crippen molar-refractivity contribution < 1.29 is 9.59 Å². The molecule has 7 heteroatoms. The number of amides is 2. The molecule has 0 saturated heterocycles. The number of aromatic nitrogens is 3. The van der Waals surface area contributed by atoms with Gasteiger partial charge in [0.15, 0.2) is 0 Å². The van der Waals surface area contributed by atoms with Crippen LogP contribution in [0.25, 0.3) is 0 Å².